The van der Waals surface area contributed by atoms with E-state index in [2.05, 4.69) is 9.98 Å². The molecule has 1 aromatic carbocycles. The fourth-order valence-corrected chi connectivity index (χ4v) is 3.52. The number of hydrogen-bond donors (Lipinski definition) is 1. The normalized spacial score (nSPS) is 19.2. The summed E-state index contributed by atoms with van der Waals surface area (Å²) >= 11 is 0. The molecule has 0 aliphatic carbocycles. The number of ether oxygens (including phenoxy) is 1. The highest BCUT2D eigenvalue weighted by atomic mass is 19.4. The van der Waals surface area contributed by atoms with E-state index < -0.39 is 41.2 Å². The number of H-pyrrole nitrogens is 1. The molecule has 3 rings (SSSR count). The Kier molecular flexibility index (Phi) is 5.14. The second-order valence-electron chi connectivity index (χ2n) is 6.88. The zero-order valence-corrected chi connectivity index (χ0v) is 15.5. The van der Waals surface area contributed by atoms with Gasteiger partial charge in [0.05, 0.1) is 22.9 Å². The van der Waals surface area contributed by atoms with Crippen molar-refractivity contribution in [1.82, 2.24) is 4.98 Å². The van der Waals surface area contributed by atoms with Crippen molar-refractivity contribution >= 4 is 17.4 Å². The van der Waals surface area contributed by atoms with Gasteiger partial charge in [-0.3, -0.25) is 14.6 Å². The topological polar surface area (TPSA) is 71.5 Å². The molecule has 2 aromatic rings. The first-order valence-electron chi connectivity index (χ1n) is 8.74. The van der Waals surface area contributed by atoms with Crippen LogP contribution in [0.25, 0.3) is 0 Å². The lowest BCUT2D eigenvalue weighted by molar-refractivity contribution is -0.151. The summed E-state index contributed by atoms with van der Waals surface area (Å²) in [6.45, 7) is 4.85. The number of fused-ring (bicyclic) bond motifs is 1. The van der Waals surface area contributed by atoms with Crippen LogP contribution in [0.3, 0.4) is 0 Å². The van der Waals surface area contributed by atoms with Gasteiger partial charge in [-0.15, -0.1) is 0 Å². The van der Waals surface area contributed by atoms with Crippen molar-refractivity contribution in [1.29, 1.82) is 0 Å². The molecular formula is C20H19F3N2O3. The van der Waals surface area contributed by atoms with Crippen LogP contribution in [0.1, 0.15) is 43.4 Å². The summed E-state index contributed by atoms with van der Waals surface area (Å²) in [6.07, 6.45) is -3.74. The van der Waals surface area contributed by atoms with Gasteiger partial charge in [-0.1, -0.05) is 18.2 Å². The van der Waals surface area contributed by atoms with Gasteiger partial charge in [-0.25, -0.2) is 0 Å². The number of hydrogen-bond acceptors (Lipinski definition) is 4. The molecule has 1 aliphatic rings. The molecule has 2 atom stereocenters. The van der Waals surface area contributed by atoms with E-state index in [1.165, 1.54) is 30.5 Å². The summed E-state index contributed by atoms with van der Waals surface area (Å²) in [5, 5.41) is 0. The zero-order chi connectivity index (χ0) is 20.6. The largest absolute Gasteiger partial charge is 0.462 e. The molecule has 2 heterocycles. The van der Waals surface area contributed by atoms with Gasteiger partial charge in [-0.05, 0) is 38.5 Å². The van der Waals surface area contributed by atoms with Crippen molar-refractivity contribution < 1.29 is 22.7 Å². The van der Waals surface area contributed by atoms with E-state index in [-0.39, 0.29) is 16.8 Å². The second-order valence-corrected chi connectivity index (χ2v) is 6.88. The van der Waals surface area contributed by atoms with E-state index in [1.807, 2.05) is 0 Å². The average Bonchev–Trinajstić information content (AvgIpc) is 2.59. The van der Waals surface area contributed by atoms with Crippen molar-refractivity contribution in [2.45, 2.75) is 39.0 Å². The summed E-state index contributed by atoms with van der Waals surface area (Å²) < 4.78 is 46.3. The van der Waals surface area contributed by atoms with E-state index in [9.17, 15) is 22.8 Å². The van der Waals surface area contributed by atoms with Gasteiger partial charge in [0.15, 0.2) is 0 Å². The lowest BCUT2D eigenvalue weighted by Crippen LogP contribution is -2.38. The van der Waals surface area contributed by atoms with Gasteiger partial charge < -0.3 is 9.72 Å². The van der Waals surface area contributed by atoms with Crippen molar-refractivity contribution in [3.8, 4) is 0 Å². The molecule has 0 bridgehead atoms. The average molecular weight is 392 g/mol. The third-order valence-corrected chi connectivity index (χ3v) is 4.57. The minimum absolute atomic E-state index is 0.0236. The maximum atomic E-state index is 13.7. The number of carbonyl (C=O) groups is 1. The molecule has 1 aromatic heterocycles. The Balaban J connectivity index is 2.30. The summed E-state index contributed by atoms with van der Waals surface area (Å²) in [5.41, 5.74) is -1.07. The van der Waals surface area contributed by atoms with Gasteiger partial charge in [0.25, 0.3) is 5.56 Å². The van der Waals surface area contributed by atoms with E-state index in [0.717, 1.165) is 6.07 Å². The molecule has 1 aliphatic heterocycles. The van der Waals surface area contributed by atoms with Crippen LogP contribution >= 0.6 is 0 Å². The summed E-state index contributed by atoms with van der Waals surface area (Å²) in [7, 11) is 0. The first-order valence-corrected chi connectivity index (χ1v) is 8.74. The van der Waals surface area contributed by atoms with Crippen LogP contribution in [0, 0.1) is 5.92 Å². The van der Waals surface area contributed by atoms with Gasteiger partial charge in [-0.2, -0.15) is 13.2 Å². The molecule has 8 heteroatoms. The Morgan fingerprint density at radius 1 is 1.21 bits per heavy atom. The molecule has 0 amide bonds. The third-order valence-electron chi connectivity index (χ3n) is 4.57. The van der Waals surface area contributed by atoms with Crippen molar-refractivity contribution in [3.63, 3.8) is 0 Å². The van der Waals surface area contributed by atoms with Crippen molar-refractivity contribution in [2.24, 2.45) is 10.9 Å². The summed E-state index contributed by atoms with van der Waals surface area (Å²) in [4.78, 5) is 32.1. The number of aliphatic imine (C=N–C) groups is 1. The molecule has 0 radical (unpaired) electrons. The molecule has 148 valence electrons. The van der Waals surface area contributed by atoms with Crippen LogP contribution in [0.2, 0.25) is 0 Å². The molecule has 0 saturated carbocycles. The lowest BCUT2D eigenvalue weighted by Gasteiger charge is -2.32. The number of alkyl halides is 3. The lowest BCUT2D eigenvalue weighted by atomic mass is 9.75. The first-order chi connectivity index (χ1) is 13.1. The summed E-state index contributed by atoms with van der Waals surface area (Å²) in [6, 6.07) is 6.46. The smallest absolute Gasteiger partial charge is 0.416 e. The number of rotatable bonds is 3. The Morgan fingerprint density at radius 2 is 1.89 bits per heavy atom. The predicted molar refractivity (Wildman–Crippen MR) is 97.8 cm³/mol. The van der Waals surface area contributed by atoms with Crippen molar-refractivity contribution in [2.75, 3.05) is 0 Å². The van der Waals surface area contributed by atoms with Gasteiger partial charge in [0.2, 0.25) is 0 Å². The quantitative estimate of drug-likeness (QED) is 0.796. The molecule has 0 fully saturated rings. The highest BCUT2D eigenvalue weighted by Crippen LogP contribution is 2.45. The fourth-order valence-electron chi connectivity index (χ4n) is 3.52. The van der Waals surface area contributed by atoms with E-state index in [0.29, 0.717) is 5.71 Å². The Bertz CT molecular complexity index is 993. The van der Waals surface area contributed by atoms with Gasteiger partial charge in [0, 0.05) is 17.8 Å². The van der Waals surface area contributed by atoms with E-state index in [1.54, 1.807) is 20.8 Å². The van der Waals surface area contributed by atoms with Crippen molar-refractivity contribution in [3.05, 3.63) is 63.6 Å². The number of nitrogens with one attached hydrogen (secondary N) is 1. The number of aromatic amines is 1. The number of esters is 1. The minimum Gasteiger partial charge on any atom is -0.462 e. The van der Waals surface area contributed by atoms with E-state index in [4.69, 9.17) is 4.74 Å². The van der Waals surface area contributed by atoms with Crippen LogP contribution in [-0.4, -0.2) is 22.8 Å². The fraction of sp³-hybridized carbons (Fsp3) is 0.350. The molecule has 5 nitrogen and oxygen atoms in total. The molecule has 0 spiro atoms. The number of benzene rings is 1. The van der Waals surface area contributed by atoms with Crippen LogP contribution in [0.4, 0.5) is 18.9 Å². The minimum atomic E-state index is -4.65. The monoisotopic (exact) mass is 392 g/mol. The molecule has 1 N–H and O–H groups in total. The maximum absolute atomic E-state index is 13.7. The number of nitrogens with zero attached hydrogens (tertiary/aromatic N) is 1. The predicted octanol–water partition coefficient (Wildman–Crippen LogP) is 4.20. The Morgan fingerprint density at radius 3 is 2.54 bits per heavy atom. The number of halogens is 3. The summed E-state index contributed by atoms with van der Waals surface area (Å²) in [5.74, 6) is -3.02. The standard InChI is InChI=1S/C20H19F3N2O3/c1-10(2)28-19(27)15-11(3)25-14-8-9-24-18(26)17(14)16(15)12-6-4-5-7-13(12)20(21,22)23/h4-10,15-16H,1-3H3,(H,24,26). The highest BCUT2D eigenvalue weighted by molar-refractivity contribution is 6.05. The maximum Gasteiger partial charge on any atom is 0.416 e. The van der Waals surface area contributed by atoms with Gasteiger partial charge in [0.1, 0.15) is 5.92 Å². The highest BCUT2D eigenvalue weighted by Gasteiger charge is 2.44. The first kappa shape index (κ1) is 19.9. The number of carbonyl (C=O) groups excluding carboxylic acids is 1. The van der Waals surface area contributed by atoms with Crippen LogP contribution in [0.15, 0.2) is 46.3 Å². The molecule has 0 saturated heterocycles. The third kappa shape index (κ3) is 3.58. The molecule has 2 unspecified atom stereocenters. The van der Waals surface area contributed by atoms with E-state index >= 15 is 0 Å². The van der Waals surface area contributed by atoms with Gasteiger partial charge >= 0.3 is 12.1 Å². The number of pyridine rings is 1. The zero-order valence-electron chi connectivity index (χ0n) is 15.5. The van der Waals surface area contributed by atoms with Crippen LogP contribution in [0.5, 0.6) is 0 Å². The van der Waals surface area contributed by atoms with Crippen LogP contribution in [-0.2, 0) is 15.7 Å². The SMILES string of the molecule is CC1=Nc2cc[nH]c(=O)c2C(c2ccccc2C(F)(F)F)C1C(=O)OC(C)C. The Labute approximate surface area is 159 Å². The number of aromatic nitrogens is 1. The molecule has 28 heavy (non-hydrogen) atoms. The Hall–Kier alpha value is -2.90. The van der Waals surface area contributed by atoms with Crippen LogP contribution < -0.4 is 5.56 Å². The second kappa shape index (κ2) is 7.26. The molecular weight excluding hydrogens is 373 g/mol.